The number of halogens is 6. The second-order valence-corrected chi connectivity index (χ2v) is 8.59. The van der Waals surface area contributed by atoms with Gasteiger partial charge in [0.25, 0.3) is 0 Å². The topological polar surface area (TPSA) is 124 Å². The molecule has 1 atom stereocenters. The van der Waals surface area contributed by atoms with Gasteiger partial charge < -0.3 is 20.4 Å². The molecule has 180 valence electrons. The lowest BCUT2D eigenvalue weighted by Gasteiger charge is -2.24. The molecule has 0 aromatic carbocycles. The fourth-order valence-corrected chi connectivity index (χ4v) is 4.00. The van der Waals surface area contributed by atoms with Gasteiger partial charge in [-0.2, -0.15) is 26.3 Å². The molecule has 1 heterocycles. The van der Waals surface area contributed by atoms with Crippen LogP contribution in [0.3, 0.4) is 0 Å². The third-order valence-electron chi connectivity index (χ3n) is 3.48. The van der Waals surface area contributed by atoms with Gasteiger partial charge in [-0.05, 0) is 6.42 Å². The Kier molecular flexibility index (Phi) is 12.7. The maximum atomic E-state index is 12.3. The summed E-state index contributed by atoms with van der Waals surface area (Å²) in [6.45, 7) is -0.193. The van der Waals surface area contributed by atoms with Gasteiger partial charge in [0, 0.05) is 31.0 Å². The summed E-state index contributed by atoms with van der Waals surface area (Å²) in [4.78, 5) is 43.9. The van der Waals surface area contributed by atoms with E-state index < -0.39 is 55.1 Å². The first-order chi connectivity index (χ1) is 14.1. The van der Waals surface area contributed by atoms with Crippen LogP contribution in [0.4, 0.5) is 26.3 Å². The van der Waals surface area contributed by atoms with E-state index in [4.69, 9.17) is 15.0 Å². The summed E-state index contributed by atoms with van der Waals surface area (Å²) in [5.41, 5.74) is 0. The highest BCUT2D eigenvalue weighted by Crippen LogP contribution is 2.25. The molecule has 1 rings (SSSR count). The number of nitrogens with zero attached hydrogens (tertiary/aromatic N) is 1. The minimum Gasteiger partial charge on any atom is -0.481 e. The maximum absolute atomic E-state index is 12.3. The van der Waals surface area contributed by atoms with Gasteiger partial charge in [-0.25, -0.2) is 4.79 Å². The van der Waals surface area contributed by atoms with Crippen LogP contribution >= 0.6 is 21.6 Å². The zero-order chi connectivity index (χ0) is 24.2. The van der Waals surface area contributed by atoms with E-state index in [1.165, 1.54) is 21.6 Å². The Hall–Kier alpha value is -1.84. The lowest BCUT2D eigenvalue weighted by atomic mass is 10.2. The van der Waals surface area contributed by atoms with Gasteiger partial charge in [-0.15, -0.1) is 0 Å². The number of likely N-dealkylation sites (tertiary alicyclic amines) is 1. The molecule has 1 aliphatic rings. The predicted molar refractivity (Wildman–Crippen MR) is 99.3 cm³/mol. The van der Waals surface area contributed by atoms with E-state index in [-0.39, 0.29) is 19.3 Å². The highest BCUT2D eigenvalue weighted by molar-refractivity contribution is 8.76. The number of carbonyl (C=O) groups is 4. The lowest BCUT2D eigenvalue weighted by molar-refractivity contribution is -0.192. The number of carboxylic acid groups (broad SMARTS) is 2. The van der Waals surface area contributed by atoms with E-state index in [0.717, 1.165) is 4.90 Å². The summed E-state index contributed by atoms with van der Waals surface area (Å²) in [5.74, 6) is -3.51. The van der Waals surface area contributed by atoms with E-state index in [1.807, 2.05) is 0 Å². The Morgan fingerprint density at radius 1 is 1.06 bits per heavy atom. The van der Waals surface area contributed by atoms with E-state index in [9.17, 15) is 40.7 Å². The summed E-state index contributed by atoms with van der Waals surface area (Å²) in [6.07, 6.45) is -10.2. The van der Waals surface area contributed by atoms with Crippen molar-refractivity contribution in [3.8, 4) is 0 Å². The van der Waals surface area contributed by atoms with Gasteiger partial charge in [0.2, 0.25) is 11.8 Å². The number of carbonyl (C=O) groups excluding carboxylic acids is 2. The fourth-order valence-electron chi connectivity index (χ4n) is 2.11. The monoisotopic (exact) mass is 502 g/mol. The lowest BCUT2D eigenvalue weighted by Crippen LogP contribution is -2.46. The summed E-state index contributed by atoms with van der Waals surface area (Å²) in [6, 6.07) is -0.843. The number of nitrogens with one attached hydrogen (secondary N) is 1. The minimum atomic E-state index is -5.08. The Balaban J connectivity index is 0.00000110. The van der Waals surface area contributed by atoms with E-state index >= 15 is 0 Å². The van der Waals surface area contributed by atoms with Crippen molar-refractivity contribution in [2.75, 3.05) is 24.6 Å². The Labute approximate surface area is 180 Å². The second-order valence-electron chi connectivity index (χ2n) is 5.89. The second kappa shape index (κ2) is 13.5. The largest absolute Gasteiger partial charge is 0.490 e. The van der Waals surface area contributed by atoms with Crippen molar-refractivity contribution in [3.05, 3.63) is 0 Å². The molecular formula is C15H20F6N2O6S2. The van der Waals surface area contributed by atoms with Crippen LogP contribution in [-0.4, -0.2) is 81.9 Å². The summed E-state index contributed by atoms with van der Waals surface area (Å²) in [7, 11) is 2.78. The molecular weight excluding hydrogens is 482 g/mol. The van der Waals surface area contributed by atoms with Crippen LogP contribution in [0.25, 0.3) is 0 Å². The van der Waals surface area contributed by atoms with Crippen molar-refractivity contribution in [3.63, 3.8) is 0 Å². The number of hydrogen-bond acceptors (Lipinski definition) is 6. The van der Waals surface area contributed by atoms with Crippen LogP contribution in [0.5, 0.6) is 0 Å². The molecule has 0 radical (unpaired) electrons. The van der Waals surface area contributed by atoms with Gasteiger partial charge >= 0.3 is 24.3 Å². The SMILES string of the molecule is O=C(O)C(F)(F)F.O=C(O)CCSSCCNC(=O)C1CCC(=O)N1CCC(F)(F)F. The highest BCUT2D eigenvalue weighted by Gasteiger charge is 2.39. The molecule has 16 heteroatoms. The number of amides is 2. The average Bonchev–Trinajstić information content (AvgIpc) is 2.98. The molecule has 0 aliphatic carbocycles. The number of aliphatic carboxylic acids is 2. The van der Waals surface area contributed by atoms with E-state index in [0.29, 0.717) is 18.1 Å². The molecule has 3 N–H and O–H groups in total. The first-order valence-electron chi connectivity index (χ1n) is 8.55. The zero-order valence-electron chi connectivity index (χ0n) is 15.8. The third-order valence-corrected chi connectivity index (χ3v) is 5.89. The summed E-state index contributed by atoms with van der Waals surface area (Å²) in [5, 5.41) is 18.2. The van der Waals surface area contributed by atoms with Gasteiger partial charge in [0.1, 0.15) is 6.04 Å². The fraction of sp³-hybridized carbons (Fsp3) is 0.733. The van der Waals surface area contributed by atoms with Crippen molar-refractivity contribution in [2.45, 2.75) is 44.1 Å². The summed E-state index contributed by atoms with van der Waals surface area (Å²) < 4.78 is 68.6. The molecule has 0 aromatic heterocycles. The molecule has 0 aromatic rings. The van der Waals surface area contributed by atoms with E-state index in [1.54, 1.807) is 0 Å². The van der Waals surface area contributed by atoms with Crippen molar-refractivity contribution >= 4 is 45.3 Å². The smallest absolute Gasteiger partial charge is 0.481 e. The molecule has 1 fully saturated rings. The van der Waals surface area contributed by atoms with Crippen molar-refractivity contribution in [1.29, 1.82) is 0 Å². The molecule has 0 bridgehead atoms. The van der Waals surface area contributed by atoms with E-state index in [2.05, 4.69) is 5.32 Å². The van der Waals surface area contributed by atoms with Crippen LogP contribution in [0.15, 0.2) is 0 Å². The van der Waals surface area contributed by atoms with Crippen LogP contribution < -0.4 is 5.32 Å². The van der Waals surface area contributed by atoms with Gasteiger partial charge in [0.05, 0.1) is 12.8 Å². The molecule has 1 unspecified atom stereocenters. The van der Waals surface area contributed by atoms with Crippen LogP contribution in [0.1, 0.15) is 25.7 Å². The zero-order valence-corrected chi connectivity index (χ0v) is 17.4. The standard InChI is InChI=1S/C13H19F3N2O4S2.C2HF3O2/c14-13(15,16)4-6-18-9(1-2-10(18)19)12(22)17-5-8-24-23-7-3-11(20)21;3-2(4,5)1(6)7/h9H,1-8H2,(H,17,22)(H,20,21);(H,6,7). The Morgan fingerprint density at radius 2 is 1.61 bits per heavy atom. The van der Waals surface area contributed by atoms with Crippen LogP contribution in [0, 0.1) is 0 Å². The molecule has 31 heavy (non-hydrogen) atoms. The predicted octanol–water partition coefficient (Wildman–Crippen LogP) is 2.54. The van der Waals surface area contributed by atoms with Crippen molar-refractivity contribution in [1.82, 2.24) is 10.2 Å². The minimum absolute atomic E-state index is 0.0579. The molecule has 1 saturated heterocycles. The number of carboxylic acids is 2. The Bertz CT molecular complexity index is 632. The van der Waals surface area contributed by atoms with Crippen LogP contribution in [-0.2, 0) is 19.2 Å². The molecule has 0 saturated carbocycles. The number of rotatable bonds is 10. The van der Waals surface area contributed by atoms with Gasteiger partial charge in [-0.3, -0.25) is 14.4 Å². The third kappa shape index (κ3) is 14.0. The first kappa shape index (κ1) is 29.2. The van der Waals surface area contributed by atoms with Crippen molar-refractivity contribution < 1.29 is 55.7 Å². The molecule has 2 amide bonds. The molecule has 8 nitrogen and oxygen atoms in total. The maximum Gasteiger partial charge on any atom is 0.490 e. The first-order valence-corrected chi connectivity index (χ1v) is 11.0. The molecule has 1 aliphatic heterocycles. The Morgan fingerprint density at radius 3 is 2.10 bits per heavy atom. The highest BCUT2D eigenvalue weighted by atomic mass is 33.1. The van der Waals surface area contributed by atoms with Crippen molar-refractivity contribution in [2.24, 2.45) is 0 Å². The quantitative estimate of drug-likeness (QED) is 0.237. The van der Waals surface area contributed by atoms with Crippen LogP contribution in [0.2, 0.25) is 0 Å². The van der Waals surface area contributed by atoms with Gasteiger partial charge in [0.15, 0.2) is 0 Å². The number of alkyl halides is 6. The van der Waals surface area contributed by atoms with Gasteiger partial charge in [-0.1, -0.05) is 21.6 Å². The normalized spacial score (nSPS) is 16.5. The summed E-state index contributed by atoms with van der Waals surface area (Å²) >= 11 is 0. The molecule has 0 spiro atoms. The average molecular weight is 502 g/mol. The number of hydrogen-bond donors (Lipinski definition) is 3.